The van der Waals surface area contributed by atoms with Gasteiger partial charge in [0.2, 0.25) is 5.95 Å². The molecule has 0 spiro atoms. The summed E-state index contributed by atoms with van der Waals surface area (Å²) in [5.41, 5.74) is 8.94. The Bertz CT molecular complexity index is 2300. The minimum atomic E-state index is 0.111. The number of aromatic nitrogens is 3. The van der Waals surface area contributed by atoms with Gasteiger partial charge in [-0.15, -0.1) is 0 Å². The van der Waals surface area contributed by atoms with E-state index in [0.29, 0.717) is 5.95 Å². The van der Waals surface area contributed by atoms with E-state index in [9.17, 15) is 0 Å². The molecule has 0 radical (unpaired) electrons. The van der Waals surface area contributed by atoms with Gasteiger partial charge in [0.1, 0.15) is 0 Å². The number of para-hydroxylation sites is 1. The van der Waals surface area contributed by atoms with Gasteiger partial charge in [0, 0.05) is 21.7 Å². The number of benzene rings is 6. The number of hydrogen-bond donors (Lipinski definition) is 0. The van der Waals surface area contributed by atoms with E-state index in [2.05, 4.69) is 147 Å². The van der Waals surface area contributed by atoms with E-state index < -0.39 is 0 Å². The molecule has 6 aromatic carbocycles. The fourth-order valence-electron chi connectivity index (χ4n) is 6.33. The van der Waals surface area contributed by atoms with Gasteiger partial charge in [-0.3, -0.25) is 4.57 Å². The predicted octanol–water partition coefficient (Wildman–Crippen LogP) is 10.5. The van der Waals surface area contributed by atoms with E-state index in [1.54, 1.807) is 0 Å². The standard InChI is InChI=1S/C40H31N3/c1-40(2,3)30-21-17-26(18-22-30)29-19-23-33-36(25-29)43(35-24-20-27-11-7-8-14-31(27)37(33)35)39-41-34-16-10-9-15-32(34)38(42-39)28-12-5-4-6-13-28/h4-25H,1-3H3. The van der Waals surface area contributed by atoms with E-state index in [0.717, 1.165) is 33.2 Å². The van der Waals surface area contributed by atoms with Crippen LogP contribution in [-0.2, 0) is 5.41 Å². The zero-order chi connectivity index (χ0) is 29.1. The molecule has 2 aromatic heterocycles. The van der Waals surface area contributed by atoms with Gasteiger partial charge in [0.25, 0.3) is 0 Å². The van der Waals surface area contributed by atoms with Crippen LogP contribution in [-0.4, -0.2) is 14.5 Å². The first-order valence-corrected chi connectivity index (χ1v) is 14.9. The summed E-state index contributed by atoms with van der Waals surface area (Å²) in [4.78, 5) is 10.5. The number of hydrogen-bond acceptors (Lipinski definition) is 2. The van der Waals surface area contributed by atoms with Gasteiger partial charge in [0.15, 0.2) is 0 Å². The molecule has 0 aliphatic rings. The van der Waals surface area contributed by atoms with Crippen molar-refractivity contribution < 1.29 is 0 Å². The molecule has 0 saturated heterocycles. The summed E-state index contributed by atoms with van der Waals surface area (Å²) in [5, 5.41) is 5.92. The van der Waals surface area contributed by atoms with Crippen molar-refractivity contribution in [3.63, 3.8) is 0 Å². The molecule has 0 fully saturated rings. The van der Waals surface area contributed by atoms with Gasteiger partial charge in [-0.25, -0.2) is 9.97 Å². The van der Waals surface area contributed by atoms with Gasteiger partial charge in [-0.1, -0.05) is 136 Å². The van der Waals surface area contributed by atoms with Gasteiger partial charge in [-0.05, 0) is 51.1 Å². The van der Waals surface area contributed by atoms with Gasteiger partial charge >= 0.3 is 0 Å². The molecule has 0 saturated carbocycles. The molecule has 0 amide bonds. The Labute approximate surface area is 251 Å². The zero-order valence-corrected chi connectivity index (χ0v) is 24.5. The van der Waals surface area contributed by atoms with E-state index in [1.165, 1.54) is 38.2 Å². The lowest BCUT2D eigenvalue weighted by molar-refractivity contribution is 0.590. The lowest BCUT2D eigenvalue weighted by Gasteiger charge is -2.19. The Morgan fingerprint density at radius 1 is 0.512 bits per heavy atom. The third-order valence-corrected chi connectivity index (χ3v) is 8.58. The summed E-state index contributed by atoms with van der Waals surface area (Å²) < 4.78 is 2.25. The summed E-state index contributed by atoms with van der Waals surface area (Å²) in [7, 11) is 0. The van der Waals surface area contributed by atoms with Crippen molar-refractivity contribution in [3.05, 3.63) is 139 Å². The first kappa shape index (κ1) is 25.4. The molecule has 0 N–H and O–H groups in total. The maximum absolute atomic E-state index is 5.29. The van der Waals surface area contributed by atoms with Crippen molar-refractivity contribution in [2.45, 2.75) is 26.2 Å². The monoisotopic (exact) mass is 553 g/mol. The number of nitrogens with zero attached hydrogens (tertiary/aromatic N) is 3. The fraction of sp³-hybridized carbons (Fsp3) is 0.100. The average molecular weight is 554 g/mol. The molecule has 0 bridgehead atoms. The second-order valence-corrected chi connectivity index (χ2v) is 12.3. The normalized spacial score (nSPS) is 12.1. The van der Waals surface area contributed by atoms with Crippen molar-refractivity contribution in [2.75, 3.05) is 0 Å². The lowest BCUT2D eigenvalue weighted by atomic mass is 9.86. The summed E-state index contributed by atoms with van der Waals surface area (Å²) in [5.74, 6) is 0.674. The minimum absolute atomic E-state index is 0.111. The molecule has 0 aliphatic heterocycles. The molecule has 3 nitrogen and oxygen atoms in total. The zero-order valence-electron chi connectivity index (χ0n) is 24.5. The highest BCUT2D eigenvalue weighted by atomic mass is 15.2. The summed E-state index contributed by atoms with van der Waals surface area (Å²) in [6, 6.07) is 47.6. The third kappa shape index (κ3) is 4.20. The molecule has 206 valence electrons. The second kappa shape index (κ2) is 9.64. The summed E-state index contributed by atoms with van der Waals surface area (Å²) in [6.45, 7) is 6.76. The molecule has 3 heteroatoms. The summed E-state index contributed by atoms with van der Waals surface area (Å²) in [6.07, 6.45) is 0. The highest BCUT2D eigenvalue weighted by Gasteiger charge is 2.20. The Morgan fingerprint density at radius 2 is 1.21 bits per heavy atom. The SMILES string of the molecule is CC(C)(C)c1ccc(-c2ccc3c4c5ccccc5ccc4n(-c4nc(-c5ccccc5)c5ccccc5n4)c3c2)cc1. The molecule has 0 unspecified atom stereocenters. The Morgan fingerprint density at radius 3 is 2.00 bits per heavy atom. The smallest absolute Gasteiger partial charge is 0.235 e. The maximum atomic E-state index is 5.29. The van der Waals surface area contributed by atoms with Crippen molar-refractivity contribution in [3.8, 4) is 28.3 Å². The van der Waals surface area contributed by atoms with Crippen molar-refractivity contribution in [1.29, 1.82) is 0 Å². The van der Waals surface area contributed by atoms with Crippen LogP contribution in [0.1, 0.15) is 26.3 Å². The number of fused-ring (bicyclic) bond motifs is 6. The van der Waals surface area contributed by atoms with Crippen LogP contribution in [0.25, 0.3) is 71.8 Å². The first-order valence-electron chi connectivity index (χ1n) is 14.9. The predicted molar refractivity (Wildman–Crippen MR) is 181 cm³/mol. The average Bonchev–Trinajstić information content (AvgIpc) is 3.38. The van der Waals surface area contributed by atoms with E-state index in [1.807, 2.05) is 12.1 Å². The summed E-state index contributed by atoms with van der Waals surface area (Å²) >= 11 is 0. The highest BCUT2D eigenvalue weighted by Crippen LogP contribution is 2.39. The largest absolute Gasteiger partial charge is 0.278 e. The van der Waals surface area contributed by atoms with Crippen LogP contribution in [0, 0.1) is 0 Å². The van der Waals surface area contributed by atoms with E-state index >= 15 is 0 Å². The van der Waals surface area contributed by atoms with Gasteiger partial charge in [-0.2, -0.15) is 0 Å². The molecule has 8 rings (SSSR count). The quantitative estimate of drug-likeness (QED) is 0.218. The van der Waals surface area contributed by atoms with Crippen LogP contribution >= 0.6 is 0 Å². The molecular weight excluding hydrogens is 522 g/mol. The molecule has 2 heterocycles. The third-order valence-electron chi connectivity index (χ3n) is 8.58. The van der Waals surface area contributed by atoms with Crippen molar-refractivity contribution in [2.24, 2.45) is 0 Å². The van der Waals surface area contributed by atoms with Gasteiger partial charge < -0.3 is 0 Å². The second-order valence-electron chi connectivity index (χ2n) is 12.3. The van der Waals surface area contributed by atoms with Crippen LogP contribution in [0.15, 0.2) is 133 Å². The van der Waals surface area contributed by atoms with E-state index in [-0.39, 0.29) is 5.41 Å². The molecule has 0 atom stereocenters. The lowest BCUT2D eigenvalue weighted by Crippen LogP contribution is -2.10. The van der Waals surface area contributed by atoms with E-state index in [4.69, 9.17) is 9.97 Å². The Balaban J connectivity index is 1.45. The van der Waals surface area contributed by atoms with Crippen molar-refractivity contribution >= 4 is 43.5 Å². The van der Waals surface area contributed by atoms with Crippen LogP contribution in [0.5, 0.6) is 0 Å². The van der Waals surface area contributed by atoms with Crippen LogP contribution in [0.2, 0.25) is 0 Å². The van der Waals surface area contributed by atoms with Crippen molar-refractivity contribution in [1.82, 2.24) is 14.5 Å². The Kier molecular flexibility index (Phi) is 5.70. The molecule has 0 aliphatic carbocycles. The van der Waals surface area contributed by atoms with Crippen LogP contribution < -0.4 is 0 Å². The molecule has 8 aromatic rings. The highest BCUT2D eigenvalue weighted by molar-refractivity contribution is 6.21. The molecular formula is C40H31N3. The fourth-order valence-corrected chi connectivity index (χ4v) is 6.33. The Hall–Kier alpha value is -5.28. The first-order chi connectivity index (χ1) is 21.0. The van der Waals surface area contributed by atoms with Crippen LogP contribution in [0.3, 0.4) is 0 Å². The van der Waals surface area contributed by atoms with Crippen LogP contribution in [0.4, 0.5) is 0 Å². The topological polar surface area (TPSA) is 30.7 Å². The minimum Gasteiger partial charge on any atom is -0.278 e. The molecule has 43 heavy (non-hydrogen) atoms. The maximum Gasteiger partial charge on any atom is 0.235 e. The van der Waals surface area contributed by atoms with Gasteiger partial charge in [0.05, 0.1) is 22.2 Å². The number of rotatable bonds is 3.